The van der Waals surface area contributed by atoms with Crippen LogP contribution in [0.15, 0.2) is 42.9 Å². The Morgan fingerprint density at radius 2 is 1.94 bits per heavy atom. The van der Waals surface area contributed by atoms with E-state index in [-0.39, 0.29) is 11.4 Å². The van der Waals surface area contributed by atoms with Crippen LogP contribution in [-0.2, 0) is 18.0 Å². The Morgan fingerprint density at radius 1 is 1.18 bits per heavy atom. The molecule has 5 heterocycles. The number of nitrogens with zero attached hydrogens (tertiary/aromatic N) is 5. The quantitative estimate of drug-likeness (QED) is 0.646. The lowest BCUT2D eigenvalue weighted by Crippen LogP contribution is -2.24. The Hall–Kier alpha value is -3.47. The van der Waals surface area contributed by atoms with Crippen molar-refractivity contribution in [3.63, 3.8) is 0 Å². The summed E-state index contributed by atoms with van der Waals surface area (Å²) in [6.07, 6.45) is -0.571. The highest BCUT2D eigenvalue weighted by Gasteiger charge is 2.39. The zero-order valence-corrected chi connectivity index (χ0v) is 17.7. The standard InChI is InChI=1S/C22H21F3N6O2/c1-30-8-13(6-27-30)17-3-2-4-18(28-17)21(32)29-19-5-20(26-7-16(19)22(23,24)25)31-9-14-11-33-12-15(14)10-31/h2-8,14-15H,9-12H2,1H3,(H,26,29,32). The van der Waals surface area contributed by atoms with E-state index in [0.29, 0.717) is 55.2 Å². The number of hydrogen-bond donors (Lipinski definition) is 1. The molecule has 2 saturated heterocycles. The number of pyridine rings is 2. The van der Waals surface area contributed by atoms with Crippen LogP contribution in [0.1, 0.15) is 16.1 Å². The van der Waals surface area contributed by atoms with Gasteiger partial charge in [0.05, 0.1) is 36.4 Å². The summed E-state index contributed by atoms with van der Waals surface area (Å²) in [7, 11) is 1.75. The number of ether oxygens (including phenoxy) is 1. The summed E-state index contributed by atoms with van der Waals surface area (Å²) in [5.74, 6) is 0.331. The minimum absolute atomic E-state index is 0.00399. The smallest absolute Gasteiger partial charge is 0.381 e. The normalized spacial score (nSPS) is 20.2. The maximum atomic E-state index is 13.6. The lowest BCUT2D eigenvalue weighted by Gasteiger charge is -2.21. The summed E-state index contributed by atoms with van der Waals surface area (Å²) in [6, 6.07) is 6.06. The van der Waals surface area contributed by atoms with Gasteiger partial charge in [-0.2, -0.15) is 18.3 Å². The van der Waals surface area contributed by atoms with Crippen molar-refractivity contribution in [2.75, 3.05) is 36.5 Å². The third-order valence-corrected chi connectivity index (χ3v) is 5.99. The SMILES string of the molecule is Cn1cc(-c2cccc(C(=O)Nc3cc(N4CC5COCC5C4)ncc3C(F)(F)F)n2)cn1. The second kappa shape index (κ2) is 8.14. The monoisotopic (exact) mass is 458 g/mol. The molecule has 0 bridgehead atoms. The number of nitrogens with one attached hydrogen (secondary N) is 1. The molecule has 33 heavy (non-hydrogen) atoms. The molecule has 2 unspecified atom stereocenters. The van der Waals surface area contributed by atoms with Gasteiger partial charge in [0.25, 0.3) is 5.91 Å². The van der Waals surface area contributed by atoms with Crippen LogP contribution < -0.4 is 10.2 Å². The molecular weight excluding hydrogens is 437 g/mol. The molecular formula is C22H21F3N6O2. The van der Waals surface area contributed by atoms with Crippen LogP contribution in [0.4, 0.5) is 24.7 Å². The van der Waals surface area contributed by atoms with Gasteiger partial charge in [0, 0.05) is 56.0 Å². The Morgan fingerprint density at radius 3 is 2.61 bits per heavy atom. The van der Waals surface area contributed by atoms with Gasteiger partial charge >= 0.3 is 6.18 Å². The van der Waals surface area contributed by atoms with Crippen molar-refractivity contribution < 1.29 is 22.7 Å². The molecule has 0 saturated carbocycles. The third-order valence-electron chi connectivity index (χ3n) is 5.99. The van der Waals surface area contributed by atoms with E-state index in [1.807, 2.05) is 4.90 Å². The highest BCUT2D eigenvalue weighted by molar-refractivity contribution is 6.03. The second-order valence-electron chi connectivity index (χ2n) is 8.31. The molecule has 5 rings (SSSR count). The van der Waals surface area contributed by atoms with E-state index >= 15 is 0 Å². The van der Waals surface area contributed by atoms with E-state index in [1.54, 1.807) is 36.3 Å². The lowest BCUT2D eigenvalue weighted by atomic mass is 10.0. The van der Waals surface area contributed by atoms with Crippen molar-refractivity contribution in [3.05, 3.63) is 54.1 Å². The molecule has 2 aliphatic rings. The summed E-state index contributed by atoms with van der Waals surface area (Å²) < 4.78 is 48.0. The van der Waals surface area contributed by atoms with Crippen molar-refractivity contribution in [2.24, 2.45) is 18.9 Å². The van der Waals surface area contributed by atoms with Gasteiger partial charge in [-0.3, -0.25) is 9.48 Å². The number of aryl methyl sites for hydroxylation is 1. The fourth-order valence-corrected chi connectivity index (χ4v) is 4.28. The van der Waals surface area contributed by atoms with Crippen molar-refractivity contribution in [1.82, 2.24) is 19.7 Å². The van der Waals surface area contributed by atoms with Crippen molar-refractivity contribution in [2.45, 2.75) is 6.18 Å². The summed E-state index contributed by atoms with van der Waals surface area (Å²) in [5, 5.41) is 6.47. The van der Waals surface area contributed by atoms with Gasteiger partial charge in [0.2, 0.25) is 0 Å². The first-order valence-corrected chi connectivity index (χ1v) is 10.5. The molecule has 172 valence electrons. The minimum atomic E-state index is -4.67. The number of halogens is 3. The van der Waals surface area contributed by atoms with E-state index in [2.05, 4.69) is 20.4 Å². The Bertz CT molecular complexity index is 1180. The highest BCUT2D eigenvalue weighted by atomic mass is 19.4. The highest BCUT2D eigenvalue weighted by Crippen LogP contribution is 2.38. The summed E-state index contributed by atoms with van der Waals surface area (Å²) in [4.78, 5) is 23.1. The first-order chi connectivity index (χ1) is 15.8. The number of carbonyl (C=O) groups excluding carboxylic acids is 1. The molecule has 0 radical (unpaired) electrons. The topological polar surface area (TPSA) is 85.2 Å². The molecule has 0 aliphatic carbocycles. The van der Waals surface area contributed by atoms with Crippen LogP contribution in [-0.4, -0.2) is 52.0 Å². The summed E-state index contributed by atoms with van der Waals surface area (Å²) >= 11 is 0. The number of hydrogen-bond acceptors (Lipinski definition) is 6. The molecule has 2 atom stereocenters. The van der Waals surface area contributed by atoms with Gasteiger partial charge in [0.15, 0.2) is 0 Å². The fraction of sp³-hybridized carbons (Fsp3) is 0.364. The van der Waals surface area contributed by atoms with E-state index in [0.717, 1.165) is 6.20 Å². The van der Waals surface area contributed by atoms with E-state index in [9.17, 15) is 18.0 Å². The Labute approximate surface area is 187 Å². The predicted molar refractivity (Wildman–Crippen MR) is 114 cm³/mol. The zero-order valence-electron chi connectivity index (χ0n) is 17.7. The van der Waals surface area contributed by atoms with E-state index < -0.39 is 17.6 Å². The zero-order chi connectivity index (χ0) is 23.2. The molecule has 8 nitrogen and oxygen atoms in total. The summed E-state index contributed by atoms with van der Waals surface area (Å²) in [6.45, 7) is 2.60. The van der Waals surface area contributed by atoms with Crippen molar-refractivity contribution in [1.29, 1.82) is 0 Å². The molecule has 3 aromatic heterocycles. The van der Waals surface area contributed by atoms with Crippen LogP contribution in [0.3, 0.4) is 0 Å². The fourth-order valence-electron chi connectivity index (χ4n) is 4.28. The van der Waals surface area contributed by atoms with Gasteiger partial charge < -0.3 is 15.0 Å². The molecule has 11 heteroatoms. The van der Waals surface area contributed by atoms with Crippen molar-refractivity contribution in [3.8, 4) is 11.3 Å². The predicted octanol–water partition coefficient (Wildman–Crippen LogP) is 3.23. The molecule has 1 amide bonds. The maximum absolute atomic E-state index is 13.6. The largest absolute Gasteiger partial charge is 0.419 e. The molecule has 3 aromatic rings. The lowest BCUT2D eigenvalue weighted by molar-refractivity contribution is -0.137. The van der Waals surface area contributed by atoms with Crippen LogP contribution >= 0.6 is 0 Å². The number of amides is 1. The molecule has 2 fully saturated rings. The van der Waals surface area contributed by atoms with Crippen LogP contribution in [0.2, 0.25) is 0 Å². The van der Waals surface area contributed by atoms with E-state index in [1.165, 1.54) is 12.1 Å². The third kappa shape index (κ3) is 4.28. The first-order valence-electron chi connectivity index (χ1n) is 10.5. The van der Waals surface area contributed by atoms with Gasteiger partial charge in [-0.15, -0.1) is 0 Å². The minimum Gasteiger partial charge on any atom is -0.381 e. The van der Waals surface area contributed by atoms with Crippen LogP contribution in [0, 0.1) is 11.8 Å². The first kappa shape index (κ1) is 21.4. The molecule has 0 spiro atoms. The van der Waals surface area contributed by atoms with Gasteiger partial charge in [-0.1, -0.05) is 6.07 Å². The van der Waals surface area contributed by atoms with Gasteiger partial charge in [-0.05, 0) is 12.1 Å². The molecule has 1 N–H and O–H groups in total. The summed E-state index contributed by atoms with van der Waals surface area (Å²) in [5.41, 5.74) is -0.174. The number of anilines is 2. The van der Waals surface area contributed by atoms with E-state index in [4.69, 9.17) is 4.74 Å². The number of rotatable bonds is 4. The average molecular weight is 458 g/mol. The molecule has 0 aromatic carbocycles. The second-order valence-corrected chi connectivity index (χ2v) is 8.31. The number of carbonyl (C=O) groups is 1. The number of fused-ring (bicyclic) bond motifs is 1. The average Bonchev–Trinajstić information content (AvgIpc) is 3.49. The van der Waals surface area contributed by atoms with Gasteiger partial charge in [0.1, 0.15) is 11.5 Å². The van der Waals surface area contributed by atoms with Crippen LogP contribution in [0.5, 0.6) is 0 Å². The van der Waals surface area contributed by atoms with Crippen LogP contribution in [0.25, 0.3) is 11.3 Å². The van der Waals surface area contributed by atoms with Crippen molar-refractivity contribution >= 4 is 17.4 Å². The number of aromatic nitrogens is 4. The maximum Gasteiger partial charge on any atom is 0.419 e. The Kier molecular flexibility index (Phi) is 5.28. The number of alkyl halides is 3. The van der Waals surface area contributed by atoms with Gasteiger partial charge in [-0.25, -0.2) is 9.97 Å². The Balaban J connectivity index is 1.42. The molecule has 2 aliphatic heterocycles.